The molecule has 2 amide bonds. The number of rotatable bonds is 5. The van der Waals surface area contributed by atoms with Gasteiger partial charge in [-0.05, 0) is 30.2 Å². The molecule has 2 aromatic carbocycles. The highest BCUT2D eigenvalue weighted by molar-refractivity contribution is 7.99. The zero-order valence-electron chi connectivity index (χ0n) is 16.0. The van der Waals surface area contributed by atoms with E-state index in [2.05, 4.69) is 11.1 Å². The summed E-state index contributed by atoms with van der Waals surface area (Å²) >= 11 is 1.39. The lowest BCUT2D eigenvalue weighted by Gasteiger charge is -2.17. The number of fused-ring (bicyclic) bond motifs is 2. The molecule has 0 spiro atoms. The number of carbonyl (C=O) groups excluding carboxylic acids is 2. The molecule has 0 bridgehead atoms. The van der Waals surface area contributed by atoms with Crippen LogP contribution in [0.15, 0.2) is 53.7 Å². The van der Waals surface area contributed by atoms with Gasteiger partial charge in [-0.15, -0.1) is 0 Å². The van der Waals surface area contributed by atoms with Crippen LogP contribution in [0.3, 0.4) is 0 Å². The zero-order valence-corrected chi connectivity index (χ0v) is 16.8. The molecule has 1 aromatic heterocycles. The summed E-state index contributed by atoms with van der Waals surface area (Å²) in [6, 6.07) is 15.8. The van der Waals surface area contributed by atoms with Crippen molar-refractivity contribution in [1.29, 1.82) is 0 Å². The standard InChI is InChI=1S/C21H22N4O2S/c1-23(2)19(26)13-25-18-10-6-4-8-16(18)22-21(25)28-14-20(27)24-12-11-15-7-3-5-9-17(15)24/h3-10H,11-14H2,1-2H3. The second kappa shape index (κ2) is 7.67. The highest BCUT2D eigenvalue weighted by Gasteiger charge is 2.25. The number of hydrogen-bond donors (Lipinski definition) is 0. The summed E-state index contributed by atoms with van der Waals surface area (Å²) in [5.41, 5.74) is 3.95. The number of amides is 2. The molecular formula is C21H22N4O2S. The zero-order chi connectivity index (χ0) is 19.7. The van der Waals surface area contributed by atoms with Crippen molar-refractivity contribution in [3.05, 3.63) is 54.1 Å². The molecule has 1 aliphatic rings. The van der Waals surface area contributed by atoms with E-state index in [1.54, 1.807) is 19.0 Å². The molecule has 0 saturated heterocycles. The number of thioether (sulfide) groups is 1. The van der Waals surface area contributed by atoms with Gasteiger partial charge in [0.2, 0.25) is 11.8 Å². The highest BCUT2D eigenvalue weighted by Crippen LogP contribution is 2.29. The van der Waals surface area contributed by atoms with Gasteiger partial charge in [0, 0.05) is 26.3 Å². The fraction of sp³-hybridized carbons (Fsp3) is 0.286. The Morgan fingerprint density at radius 1 is 1.11 bits per heavy atom. The third-order valence-electron chi connectivity index (χ3n) is 4.92. The van der Waals surface area contributed by atoms with E-state index in [0.717, 1.165) is 23.1 Å². The topological polar surface area (TPSA) is 58.4 Å². The average Bonchev–Trinajstić information content (AvgIpc) is 3.28. The number of anilines is 1. The fourth-order valence-corrected chi connectivity index (χ4v) is 4.28. The quantitative estimate of drug-likeness (QED) is 0.625. The van der Waals surface area contributed by atoms with Gasteiger partial charge in [0.25, 0.3) is 0 Å². The Bertz CT molecular complexity index is 1040. The van der Waals surface area contributed by atoms with Crippen LogP contribution in [0.2, 0.25) is 0 Å². The highest BCUT2D eigenvalue weighted by atomic mass is 32.2. The Labute approximate surface area is 168 Å². The Morgan fingerprint density at radius 3 is 2.68 bits per heavy atom. The molecule has 6 nitrogen and oxygen atoms in total. The first-order valence-electron chi connectivity index (χ1n) is 9.21. The monoisotopic (exact) mass is 394 g/mol. The molecule has 0 radical (unpaired) electrons. The number of aromatic nitrogens is 2. The summed E-state index contributed by atoms with van der Waals surface area (Å²) in [5.74, 6) is 0.339. The van der Waals surface area contributed by atoms with Crippen LogP contribution in [-0.4, -0.2) is 52.7 Å². The van der Waals surface area contributed by atoms with E-state index in [4.69, 9.17) is 0 Å². The smallest absolute Gasteiger partial charge is 0.242 e. The molecule has 0 aliphatic carbocycles. The van der Waals surface area contributed by atoms with Gasteiger partial charge in [-0.2, -0.15) is 0 Å². The molecule has 3 aromatic rings. The molecule has 2 heterocycles. The summed E-state index contributed by atoms with van der Waals surface area (Å²) in [5, 5.41) is 0.692. The lowest BCUT2D eigenvalue weighted by Crippen LogP contribution is -2.30. The van der Waals surface area contributed by atoms with Crippen LogP contribution in [0, 0.1) is 0 Å². The van der Waals surface area contributed by atoms with Crippen molar-refractivity contribution < 1.29 is 9.59 Å². The maximum absolute atomic E-state index is 12.8. The maximum Gasteiger partial charge on any atom is 0.242 e. The Balaban J connectivity index is 1.55. The first-order valence-corrected chi connectivity index (χ1v) is 10.2. The number of nitrogens with zero attached hydrogens (tertiary/aromatic N) is 4. The second-order valence-corrected chi connectivity index (χ2v) is 7.91. The first-order chi connectivity index (χ1) is 13.5. The number of benzene rings is 2. The van der Waals surface area contributed by atoms with E-state index < -0.39 is 0 Å². The van der Waals surface area contributed by atoms with Crippen molar-refractivity contribution in [2.75, 3.05) is 31.3 Å². The van der Waals surface area contributed by atoms with E-state index in [-0.39, 0.29) is 24.1 Å². The molecule has 1 aliphatic heterocycles. The molecule has 28 heavy (non-hydrogen) atoms. The predicted octanol–water partition coefficient (Wildman–Crippen LogP) is 2.81. The summed E-state index contributed by atoms with van der Waals surface area (Å²) in [4.78, 5) is 33.2. The molecule has 0 fully saturated rings. The van der Waals surface area contributed by atoms with Gasteiger partial charge in [-0.3, -0.25) is 9.59 Å². The minimum absolute atomic E-state index is 0.00944. The van der Waals surface area contributed by atoms with Crippen LogP contribution in [0.1, 0.15) is 5.56 Å². The largest absolute Gasteiger partial charge is 0.347 e. The first kappa shape index (κ1) is 18.6. The summed E-state index contributed by atoms with van der Waals surface area (Å²) in [6.45, 7) is 0.921. The van der Waals surface area contributed by atoms with Gasteiger partial charge in [0.15, 0.2) is 5.16 Å². The lowest BCUT2D eigenvalue weighted by molar-refractivity contribution is -0.129. The Kier molecular flexibility index (Phi) is 5.09. The third kappa shape index (κ3) is 3.49. The van der Waals surface area contributed by atoms with Gasteiger partial charge >= 0.3 is 0 Å². The number of imidazole rings is 1. The summed E-state index contributed by atoms with van der Waals surface area (Å²) in [7, 11) is 3.48. The van der Waals surface area contributed by atoms with E-state index >= 15 is 0 Å². The van der Waals surface area contributed by atoms with Crippen molar-refractivity contribution >= 4 is 40.3 Å². The van der Waals surface area contributed by atoms with E-state index in [1.165, 1.54) is 17.3 Å². The number of hydrogen-bond acceptors (Lipinski definition) is 4. The van der Waals surface area contributed by atoms with Crippen LogP contribution < -0.4 is 4.90 Å². The Hall–Kier alpha value is -2.80. The summed E-state index contributed by atoms with van der Waals surface area (Å²) < 4.78 is 1.90. The van der Waals surface area contributed by atoms with Gasteiger partial charge in [0.1, 0.15) is 6.54 Å². The van der Waals surface area contributed by atoms with Crippen LogP contribution in [0.5, 0.6) is 0 Å². The maximum atomic E-state index is 12.8. The average molecular weight is 395 g/mol. The normalized spacial score (nSPS) is 13.0. The molecule has 0 N–H and O–H groups in total. The van der Waals surface area contributed by atoms with Gasteiger partial charge in [-0.25, -0.2) is 4.98 Å². The lowest BCUT2D eigenvalue weighted by atomic mass is 10.2. The van der Waals surface area contributed by atoms with Crippen molar-refractivity contribution in [3.8, 4) is 0 Å². The van der Waals surface area contributed by atoms with E-state index in [0.29, 0.717) is 11.7 Å². The van der Waals surface area contributed by atoms with Crippen molar-refractivity contribution in [2.45, 2.75) is 18.1 Å². The molecule has 144 valence electrons. The number of para-hydroxylation sites is 3. The molecule has 0 atom stereocenters. The van der Waals surface area contributed by atoms with Crippen LogP contribution >= 0.6 is 11.8 Å². The minimum atomic E-state index is -0.00944. The predicted molar refractivity (Wildman–Crippen MR) is 112 cm³/mol. The van der Waals surface area contributed by atoms with Crippen LogP contribution in [0.4, 0.5) is 5.69 Å². The molecule has 7 heteroatoms. The number of likely N-dealkylation sites (N-methyl/N-ethyl adjacent to an activating group) is 1. The van der Waals surface area contributed by atoms with Crippen molar-refractivity contribution in [1.82, 2.24) is 14.5 Å². The minimum Gasteiger partial charge on any atom is -0.347 e. The second-order valence-electron chi connectivity index (χ2n) is 6.97. The van der Waals surface area contributed by atoms with Crippen molar-refractivity contribution in [2.24, 2.45) is 0 Å². The third-order valence-corrected chi connectivity index (χ3v) is 5.89. The molecule has 0 saturated carbocycles. The molecule has 4 rings (SSSR count). The SMILES string of the molecule is CN(C)C(=O)Cn1c(SCC(=O)N2CCc3ccccc32)nc2ccccc21. The van der Waals surface area contributed by atoms with Crippen molar-refractivity contribution in [3.63, 3.8) is 0 Å². The summed E-state index contributed by atoms with van der Waals surface area (Å²) in [6.07, 6.45) is 0.891. The Morgan fingerprint density at radius 2 is 1.86 bits per heavy atom. The molecule has 0 unspecified atom stereocenters. The van der Waals surface area contributed by atoms with Gasteiger partial charge in [0.05, 0.1) is 16.8 Å². The van der Waals surface area contributed by atoms with Crippen LogP contribution in [-0.2, 0) is 22.6 Å². The van der Waals surface area contributed by atoms with Crippen LogP contribution in [0.25, 0.3) is 11.0 Å². The van der Waals surface area contributed by atoms with Gasteiger partial charge < -0.3 is 14.4 Å². The fourth-order valence-electron chi connectivity index (χ4n) is 3.39. The van der Waals surface area contributed by atoms with E-state index in [1.807, 2.05) is 51.9 Å². The molecular weight excluding hydrogens is 372 g/mol. The number of carbonyl (C=O) groups is 2. The van der Waals surface area contributed by atoms with Gasteiger partial charge in [-0.1, -0.05) is 42.1 Å². The van der Waals surface area contributed by atoms with E-state index in [9.17, 15) is 9.59 Å².